The summed E-state index contributed by atoms with van der Waals surface area (Å²) >= 11 is 0. The number of benzene rings is 2. The van der Waals surface area contributed by atoms with E-state index in [4.69, 9.17) is 4.74 Å². The third-order valence-corrected chi connectivity index (χ3v) is 6.27. The Morgan fingerprint density at radius 2 is 2.00 bits per heavy atom. The van der Waals surface area contributed by atoms with Crippen molar-refractivity contribution in [1.82, 2.24) is 15.2 Å². The summed E-state index contributed by atoms with van der Waals surface area (Å²) < 4.78 is 46.5. The molecule has 1 aromatic heterocycles. The van der Waals surface area contributed by atoms with Gasteiger partial charge >= 0.3 is 6.18 Å². The lowest BCUT2D eigenvalue weighted by atomic mass is 9.99. The minimum atomic E-state index is -4.61. The van der Waals surface area contributed by atoms with Crippen molar-refractivity contribution in [2.24, 2.45) is 9.98 Å². The fourth-order valence-electron chi connectivity index (χ4n) is 4.51. The van der Waals surface area contributed by atoms with E-state index in [9.17, 15) is 23.5 Å². The summed E-state index contributed by atoms with van der Waals surface area (Å²) in [6.07, 6.45) is -4.61. The molecule has 3 aromatic rings. The fourth-order valence-corrected chi connectivity index (χ4v) is 4.51. The van der Waals surface area contributed by atoms with E-state index in [1.54, 1.807) is 18.2 Å². The van der Waals surface area contributed by atoms with E-state index in [0.29, 0.717) is 29.1 Å². The number of aromatic hydroxyl groups is 1. The van der Waals surface area contributed by atoms with E-state index >= 15 is 0 Å². The lowest BCUT2D eigenvalue weighted by Crippen LogP contribution is -2.44. The number of fused-ring (bicyclic) bond motifs is 2. The average molecular weight is 496 g/mol. The second kappa shape index (κ2) is 9.73. The van der Waals surface area contributed by atoms with Gasteiger partial charge in [-0.1, -0.05) is 12.1 Å². The Morgan fingerprint density at radius 3 is 2.75 bits per heavy atom. The molecule has 0 aliphatic carbocycles. The third kappa shape index (κ3) is 4.58. The number of hydrogen-bond acceptors (Lipinski definition) is 7. The summed E-state index contributed by atoms with van der Waals surface area (Å²) in [4.78, 5) is 13.9. The highest BCUT2D eigenvalue weighted by molar-refractivity contribution is 6.58. The lowest BCUT2D eigenvalue weighted by molar-refractivity contribution is -0.136. The fraction of sp³-hybridized carbons (Fsp3) is 0.320. The summed E-state index contributed by atoms with van der Waals surface area (Å²) in [7, 11) is 0. The molecule has 36 heavy (non-hydrogen) atoms. The topological polar surface area (TPSA) is 109 Å². The van der Waals surface area contributed by atoms with Gasteiger partial charge in [0.2, 0.25) is 0 Å². The molecule has 1 saturated heterocycles. The number of ether oxygens (including phenoxy) is 1. The van der Waals surface area contributed by atoms with Crippen LogP contribution in [-0.2, 0) is 10.9 Å². The van der Waals surface area contributed by atoms with Crippen molar-refractivity contribution in [1.29, 1.82) is 5.26 Å². The highest BCUT2D eigenvalue weighted by Gasteiger charge is 2.36. The molecule has 186 valence electrons. The second-order valence-corrected chi connectivity index (χ2v) is 8.51. The number of para-hydroxylation sites is 1. The van der Waals surface area contributed by atoms with Gasteiger partial charge in [0.05, 0.1) is 46.3 Å². The smallest absolute Gasteiger partial charge is 0.418 e. The first kappa shape index (κ1) is 24.0. The van der Waals surface area contributed by atoms with E-state index in [-0.39, 0.29) is 28.9 Å². The van der Waals surface area contributed by atoms with Crippen LogP contribution in [0.4, 0.5) is 18.9 Å². The number of rotatable bonds is 6. The summed E-state index contributed by atoms with van der Waals surface area (Å²) in [5.74, 6) is -0.443. The van der Waals surface area contributed by atoms with Gasteiger partial charge in [0.15, 0.2) is 5.88 Å². The maximum Gasteiger partial charge on any atom is 0.418 e. The molecule has 0 saturated carbocycles. The first-order chi connectivity index (χ1) is 17.4. The maximum absolute atomic E-state index is 13.6. The molecule has 3 N–H and O–H groups in total. The van der Waals surface area contributed by atoms with Crippen LogP contribution in [0.3, 0.4) is 0 Å². The zero-order valence-corrected chi connectivity index (χ0v) is 19.2. The molecule has 3 heterocycles. The molecular weight excluding hydrogens is 473 g/mol. The molecular formula is C25H23F3N6O2. The van der Waals surface area contributed by atoms with Crippen LogP contribution in [-0.4, -0.2) is 72.5 Å². The van der Waals surface area contributed by atoms with Gasteiger partial charge in [-0.2, -0.15) is 18.4 Å². The molecule has 0 spiro atoms. The average Bonchev–Trinajstić information content (AvgIpc) is 3.39. The van der Waals surface area contributed by atoms with Crippen LogP contribution in [0.25, 0.3) is 10.9 Å². The number of alkyl halides is 3. The van der Waals surface area contributed by atoms with Gasteiger partial charge in [-0.15, -0.1) is 0 Å². The van der Waals surface area contributed by atoms with E-state index in [1.807, 2.05) is 0 Å². The Bertz CT molecular complexity index is 1400. The van der Waals surface area contributed by atoms with Crippen molar-refractivity contribution in [3.8, 4) is 11.9 Å². The number of H-pyrrole nitrogens is 1. The van der Waals surface area contributed by atoms with Crippen LogP contribution in [0.15, 0.2) is 46.4 Å². The van der Waals surface area contributed by atoms with Crippen molar-refractivity contribution >= 4 is 28.0 Å². The summed E-state index contributed by atoms with van der Waals surface area (Å²) in [5, 5.41) is 23.5. The van der Waals surface area contributed by atoms with Crippen molar-refractivity contribution in [3.63, 3.8) is 0 Å². The minimum Gasteiger partial charge on any atom is -0.494 e. The number of nitrogens with one attached hydrogen (secondary N) is 2. The molecule has 0 atom stereocenters. The molecule has 0 amide bonds. The monoisotopic (exact) mass is 496 g/mol. The molecule has 2 aliphatic heterocycles. The first-order valence-corrected chi connectivity index (χ1v) is 11.5. The highest BCUT2D eigenvalue weighted by Crippen LogP contribution is 2.40. The summed E-state index contributed by atoms with van der Waals surface area (Å²) in [6, 6.07) is 10.7. The largest absolute Gasteiger partial charge is 0.494 e. The molecule has 2 aromatic carbocycles. The number of aromatic nitrogens is 1. The molecule has 1 fully saturated rings. The van der Waals surface area contributed by atoms with E-state index in [2.05, 4.69) is 31.3 Å². The van der Waals surface area contributed by atoms with Crippen LogP contribution < -0.4 is 5.32 Å². The van der Waals surface area contributed by atoms with Gasteiger partial charge in [-0.25, -0.2) is 4.99 Å². The standard InChI is InChI=1S/C25H23F3N6O2/c26-25(27,28)18-3-1-2-16-20(24(35)33-21(16)18)23-22(17-12-15(13-29)4-5-19(17)32-23)31-14-36-11-10-34-8-6-30-7-9-34/h1-5,12,30,33,35H,6-11,14H2. The molecule has 0 radical (unpaired) electrons. The van der Waals surface area contributed by atoms with Crippen molar-refractivity contribution in [2.75, 3.05) is 46.1 Å². The Balaban J connectivity index is 1.48. The molecule has 8 nitrogen and oxygen atoms in total. The number of nitriles is 1. The molecule has 0 bridgehead atoms. The number of nitrogens with zero attached hydrogens (tertiary/aromatic N) is 4. The van der Waals surface area contributed by atoms with Crippen molar-refractivity contribution < 1.29 is 23.0 Å². The Labute approximate surface area is 204 Å². The van der Waals surface area contributed by atoms with Crippen LogP contribution in [0.2, 0.25) is 0 Å². The van der Waals surface area contributed by atoms with Crippen LogP contribution in [0.1, 0.15) is 22.3 Å². The van der Waals surface area contributed by atoms with Crippen LogP contribution in [0.5, 0.6) is 5.88 Å². The van der Waals surface area contributed by atoms with Crippen molar-refractivity contribution in [2.45, 2.75) is 6.18 Å². The van der Waals surface area contributed by atoms with Gasteiger partial charge in [0, 0.05) is 43.7 Å². The quantitative estimate of drug-likeness (QED) is 0.452. The predicted octanol–water partition coefficient (Wildman–Crippen LogP) is 3.57. The molecule has 0 unspecified atom stereocenters. The van der Waals surface area contributed by atoms with Gasteiger partial charge < -0.3 is 20.1 Å². The van der Waals surface area contributed by atoms with E-state index < -0.39 is 17.6 Å². The number of halogens is 3. The SMILES string of the molecule is N#Cc1ccc2c(c1)C(=NCOCCN1CCNCC1)C(c1c(O)[nH]c3c(C(F)(F)F)cccc13)=N2. The second-order valence-electron chi connectivity index (χ2n) is 8.51. The Hall–Kier alpha value is -3.72. The van der Waals surface area contributed by atoms with E-state index in [0.717, 1.165) is 38.8 Å². The molecule has 11 heteroatoms. The van der Waals surface area contributed by atoms with Gasteiger partial charge in [0.1, 0.15) is 12.4 Å². The van der Waals surface area contributed by atoms with Gasteiger partial charge in [0.25, 0.3) is 0 Å². The van der Waals surface area contributed by atoms with Gasteiger partial charge in [-0.3, -0.25) is 9.89 Å². The number of aromatic amines is 1. The van der Waals surface area contributed by atoms with Crippen molar-refractivity contribution in [3.05, 3.63) is 58.7 Å². The minimum absolute atomic E-state index is 0.00637. The van der Waals surface area contributed by atoms with Crippen LogP contribution >= 0.6 is 0 Å². The Kier molecular flexibility index (Phi) is 6.49. The van der Waals surface area contributed by atoms with Crippen LogP contribution in [0, 0.1) is 11.3 Å². The molecule has 5 rings (SSSR count). The summed E-state index contributed by atoms with van der Waals surface area (Å²) in [6.45, 7) is 4.97. The number of piperazine rings is 1. The zero-order valence-electron chi connectivity index (χ0n) is 19.2. The highest BCUT2D eigenvalue weighted by atomic mass is 19.4. The zero-order chi connectivity index (χ0) is 25.3. The maximum atomic E-state index is 13.6. The third-order valence-electron chi connectivity index (χ3n) is 6.27. The molecule has 2 aliphatic rings. The normalized spacial score (nSPS) is 17.4. The van der Waals surface area contributed by atoms with E-state index in [1.165, 1.54) is 12.1 Å². The summed E-state index contributed by atoms with van der Waals surface area (Å²) in [5.41, 5.74) is 0.997. The lowest BCUT2D eigenvalue weighted by Gasteiger charge is -2.26. The number of aliphatic imine (C=N–C) groups is 2. The number of hydrogen-bond donors (Lipinski definition) is 3. The van der Waals surface area contributed by atoms with Gasteiger partial charge in [-0.05, 0) is 24.3 Å². The Morgan fingerprint density at radius 1 is 1.19 bits per heavy atom. The predicted molar refractivity (Wildman–Crippen MR) is 129 cm³/mol. The first-order valence-electron chi connectivity index (χ1n) is 11.5.